The summed E-state index contributed by atoms with van der Waals surface area (Å²) in [7, 11) is 0. The van der Waals surface area contributed by atoms with Gasteiger partial charge in [0.15, 0.2) is 0 Å². The Hall–Kier alpha value is -2.37. The van der Waals surface area contributed by atoms with E-state index in [0.717, 1.165) is 5.01 Å². The van der Waals surface area contributed by atoms with Gasteiger partial charge in [-0.1, -0.05) is 20.8 Å². The number of phenolic OH excluding ortho intramolecular Hbond substituents is 1. The van der Waals surface area contributed by atoms with Gasteiger partial charge in [0.2, 0.25) is 0 Å². The summed E-state index contributed by atoms with van der Waals surface area (Å²) in [6.45, 7) is 5.66. The molecule has 1 aliphatic carbocycles. The van der Waals surface area contributed by atoms with Gasteiger partial charge in [-0.05, 0) is 36.1 Å². The van der Waals surface area contributed by atoms with E-state index in [9.17, 15) is 19.5 Å². The van der Waals surface area contributed by atoms with Crippen LogP contribution in [0.5, 0.6) is 5.75 Å². The van der Waals surface area contributed by atoms with Crippen LogP contribution in [0.2, 0.25) is 0 Å². The van der Waals surface area contributed by atoms with E-state index < -0.39 is 11.3 Å². The van der Waals surface area contributed by atoms with E-state index in [-0.39, 0.29) is 34.5 Å². The second-order valence-corrected chi connectivity index (χ2v) is 6.78. The van der Waals surface area contributed by atoms with Crippen molar-refractivity contribution in [3.05, 3.63) is 29.8 Å². The van der Waals surface area contributed by atoms with Crippen LogP contribution in [0.1, 0.15) is 37.6 Å². The maximum Gasteiger partial charge on any atom is 0.270 e. The van der Waals surface area contributed by atoms with Gasteiger partial charge in [0.05, 0.1) is 5.41 Å². The second kappa shape index (κ2) is 4.32. The molecule has 0 unspecified atom stereocenters. The predicted octanol–water partition coefficient (Wildman–Crippen LogP) is 1.46. The molecule has 3 amide bonds. The topological polar surface area (TPSA) is 86.7 Å². The third-order valence-corrected chi connectivity index (χ3v) is 5.44. The number of benzene rings is 1. The standard InChI is InChI=1S/C16H18N2O4/c1-15(2)11-8-16(15,3)14(22)18(13(11)21)17-12(20)9-4-6-10(19)7-5-9/h4-7,11,19H,8H2,1-3H3,(H,17,20)/t11-,16-/m1/s1. The van der Waals surface area contributed by atoms with E-state index in [0.29, 0.717) is 6.42 Å². The van der Waals surface area contributed by atoms with E-state index in [1.54, 1.807) is 0 Å². The molecule has 116 valence electrons. The van der Waals surface area contributed by atoms with Gasteiger partial charge >= 0.3 is 0 Å². The summed E-state index contributed by atoms with van der Waals surface area (Å²) >= 11 is 0. The molecule has 0 aromatic heterocycles. The Morgan fingerprint density at radius 1 is 1.23 bits per heavy atom. The van der Waals surface area contributed by atoms with Crippen LogP contribution >= 0.6 is 0 Å². The van der Waals surface area contributed by atoms with Crippen LogP contribution in [-0.4, -0.2) is 27.8 Å². The summed E-state index contributed by atoms with van der Waals surface area (Å²) < 4.78 is 0. The molecular weight excluding hydrogens is 284 g/mol. The number of carbonyl (C=O) groups excluding carboxylic acids is 3. The van der Waals surface area contributed by atoms with Gasteiger partial charge in [0.1, 0.15) is 5.75 Å². The summed E-state index contributed by atoms with van der Waals surface area (Å²) in [4.78, 5) is 37.1. The zero-order valence-electron chi connectivity index (χ0n) is 12.7. The van der Waals surface area contributed by atoms with Crippen LogP contribution in [0, 0.1) is 16.7 Å². The number of piperidine rings is 2. The highest BCUT2D eigenvalue weighted by molar-refractivity contribution is 6.08. The van der Waals surface area contributed by atoms with Crippen molar-refractivity contribution in [2.24, 2.45) is 16.7 Å². The fourth-order valence-electron chi connectivity index (χ4n) is 3.33. The highest BCUT2D eigenvalue weighted by Crippen LogP contribution is 2.64. The Labute approximate surface area is 128 Å². The van der Waals surface area contributed by atoms with Gasteiger partial charge in [0.25, 0.3) is 17.7 Å². The minimum Gasteiger partial charge on any atom is -0.508 e. The van der Waals surface area contributed by atoms with Crippen molar-refractivity contribution in [3.8, 4) is 5.75 Å². The number of aromatic hydroxyl groups is 1. The first-order chi connectivity index (χ1) is 10.2. The Balaban J connectivity index is 1.82. The van der Waals surface area contributed by atoms with Crippen molar-refractivity contribution in [3.63, 3.8) is 0 Å². The number of carbonyl (C=O) groups is 3. The second-order valence-electron chi connectivity index (χ2n) is 6.78. The maximum absolute atomic E-state index is 12.6. The molecule has 6 nitrogen and oxygen atoms in total. The molecule has 1 saturated carbocycles. The minimum atomic E-state index is -0.631. The summed E-state index contributed by atoms with van der Waals surface area (Å²) in [5, 5.41) is 10.1. The van der Waals surface area contributed by atoms with Crippen molar-refractivity contribution in [2.45, 2.75) is 27.2 Å². The van der Waals surface area contributed by atoms with Crippen molar-refractivity contribution in [1.82, 2.24) is 10.4 Å². The summed E-state index contributed by atoms with van der Waals surface area (Å²) in [6.07, 6.45) is 0.531. The fraction of sp³-hybridized carbons (Fsp3) is 0.438. The third kappa shape index (κ3) is 1.70. The molecule has 3 fully saturated rings. The molecule has 0 spiro atoms. The molecule has 22 heavy (non-hydrogen) atoms. The Kier molecular flexibility index (Phi) is 2.86. The van der Waals surface area contributed by atoms with Gasteiger partial charge in [-0.15, -0.1) is 0 Å². The predicted molar refractivity (Wildman–Crippen MR) is 77.4 cm³/mol. The molecule has 6 heteroatoms. The van der Waals surface area contributed by atoms with Gasteiger partial charge in [-0.2, -0.15) is 5.01 Å². The number of hydrogen-bond acceptors (Lipinski definition) is 4. The molecule has 2 saturated heterocycles. The number of hydrogen-bond donors (Lipinski definition) is 2. The molecule has 2 heterocycles. The lowest BCUT2D eigenvalue weighted by molar-refractivity contribution is -0.206. The van der Waals surface area contributed by atoms with E-state index in [1.807, 2.05) is 20.8 Å². The smallest absolute Gasteiger partial charge is 0.270 e. The molecule has 1 aromatic carbocycles. The molecule has 2 aliphatic heterocycles. The van der Waals surface area contributed by atoms with Crippen molar-refractivity contribution in [2.75, 3.05) is 0 Å². The summed E-state index contributed by atoms with van der Waals surface area (Å²) in [6, 6.07) is 5.60. The number of amides is 3. The zero-order valence-corrected chi connectivity index (χ0v) is 12.7. The lowest BCUT2D eigenvalue weighted by Gasteiger charge is -2.63. The Morgan fingerprint density at radius 3 is 2.36 bits per heavy atom. The maximum atomic E-state index is 12.6. The van der Waals surface area contributed by atoms with Crippen molar-refractivity contribution < 1.29 is 19.5 Å². The normalized spacial score (nSPS) is 29.0. The van der Waals surface area contributed by atoms with Gasteiger partial charge in [-0.3, -0.25) is 19.8 Å². The monoisotopic (exact) mass is 302 g/mol. The van der Waals surface area contributed by atoms with Crippen LogP contribution in [0.4, 0.5) is 0 Å². The first-order valence-corrected chi connectivity index (χ1v) is 7.17. The van der Waals surface area contributed by atoms with Gasteiger partial charge in [-0.25, -0.2) is 0 Å². The highest BCUT2D eigenvalue weighted by Gasteiger charge is 2.70. The van der Waals surface area contributed by atoms with E-state index >= 15 is 0 Å². The molecule has 4 rings (SSSR count). The number of nitrogens with zero attached hydrogens (tertiary/aromatic N) is 1. The van der Waals surface area contributed by atoms with E-state index in [4.69, 9.17) is 0 Å². The largest absolute Gasteiger partial charge is 0.508 e. The lowest BCUT2D eigenvalue weighted by Crippen LogP contribution is -2.74. The van der Waals surface area contributed by atoms with Crippen LogP contribution in [0.3, 0.4) is 0 Å². The van der Waals surface area contributed by atoms with E-state index in [2.05, 4.69) is 5.43 Å². The third-order valence-electron chi connectivity index (χ3n) is 5.44. The van der Waals surface area contributed by atoms with Crippen molar-refractivity contribution >= 4 is 17.7 Å². The number of phenols is 1. The first-order valence-electron chi connectivity index (χ1n) is 7.17. The SMILES string of the molecule is CC1(C)[C@@H]2C[C@]1(C)C(=O)N(NC(=O)c1ccc(O)cc1)C2=O. The highest BCUT2D eigenvalue weighted by atomic mass is 16.3. The van der Waals surface area contributed by atoms with E-state index in [1.165, 1.54) is 24.3 Å². The van der Waals surface area contributed by atoms with Crippen LogP contribution < -0.4 is 5.43 Å². The lowest BCUT2D eigenvalue weighted by atomic mass is 9.43. The number of imide groups is 1. The number of rotatable bonds is 2. The number of nitrogens with one attached hydrogen (secondary N) is 1. The Morgan fingerprint density at radius 2 is 1.82 bits per heavy atom. The first kappa shape index (κ1) is 14.6. The molecule has 1 aromatic rings. The van der Waals surface area contributed by atoms with Crippen LogP contribution in [-0.2, 0) is 9.59 Å². The molecular formula is C16H18N2O4. The van der Waals surface area contributed by atoms with Gasteiger partial charge in [0, 0.05) is 11.5 Å². The minimum absolute atomic E-state index is 0.0391. The van der Waals surface area contributed by atoms with Gasteiger partial charge < -0.3 is 5.11 Å². The molecule has 2 atom stereocenters. The molecule has 2 bridgehead atoms. The quantitative estimate of drug-likeness (QED) is 0.810. The van der Waals surface area contributed by atoms with Crippen LogP contribution in [0.15, 0.2) is 24.3 Å². The zero-order chi connectivity index (χ0) is 16.3. The number of hydrazine groups is 1. The summed E-state index contributed by atoms with van der Waals surface area (Å²) in [5.41, 5.74) is 1.64. The molecule has 0 radical (unpaired) electrons. The summed E-state index contributed by atoms with van der Waals surface area (Å²) in [5.74, 6) is -1.49. The number of fused-ring (bicyclic) bond motifs is 2. The average molecular weight is 302 g/mol. The molecule has 3 aliphatic rings. The van der Waals surface area contributed by atoms with Crippen LogP contribution in [0.25, 0.3) is 0 Å². The average Bonchev–Trinajstić information content (AvgIpc) is 2.47. The Bertz CT molecular complexity index is 680. The molecule has 2 N–H and O–H groups in total. The van der Waals surface area contributed by atoms with Crippen molar-refractivity contribution in [1.29, 1.82) is 0 Å². The fourth-order valence-corrected chi connectivity index (χ4v) is 3.33.